The zero-order chi connectivity index (χ0) is 24.5. The molecule has 1 heterocycles. The molecule has 0 aromatic heterocycles. The highest BCUT2D eigenvalue weighted by Gasteiger charge is 2.39. The maximum absolute atomic E-state index is 13.4. The predicted octanol–water partition coefficient (Wildman–Crippen LogP) is 4.22. The van der Waals surface area contributed by atoms with E-state index in [0.717, 1.165) is 23.3 Å². The molecule has 1 aliphatic heterocycles. The maximum Gasteiger partial charge on any atom is 0.416 e. The van der Waals surface area contributed by atoms with E-state index in [1.54, 1.807) is 12.1 Å². The molecule has 174 valence electrons. The van der Waals surface area contributed by atoms with Crippen LogP contribution >= 0.6 is 0 Å². The molecular formula is C23H22F3N3O4. The van der Waals surface area contributed by atoms with Crippen LogP contribution in [0.1, 0.15) is 42.0 Å². The van der Waals surface area contributed by atoms with Crippen LogP contribution in [0.15, 0.2) is 42.1 Å². The lowest BCUT2D eigenvalue weighted by Crippen LogP contribution is -2.37. The normalized spacial score (nSPS) is 14.7. The summed E-state index contributed by atoms with van der Waals surface area (Å²) in [4.78, 5) is 37.1. The van der Waals surface area contributed by atoms with E-state index in [1.807, 2.05) is 19.9 Å². The van der Waals surface area contributed by atoms with Gasteiger partial charge in [-0.1, -0.05) is 12.1 Å². The van der Waals surface area contributed by atoms with E-state index >= 15 is 0 Å². The van der Waals surface area contributed by atoms with Crippen LogP contribution in [0.25, 0.3) is 5.57 Å². The van der Waals surface area contributed by atoms with Gasteiger partial charge in [-0.25, -0.2) is 0 Å². The van der Waals surface area contributed by atoms with Crippen LogP contribution in [0.3, 0.4) is 0 Å². The van der Waals surface area contributed by atoms with E-state index in [0.29, 0.717) is 5.69 Å². The van der Waals surface area contributed by atoms with Crippen LogP contribution < -0.4 is 15.8 Å². The number of allylic oxidation sites excluding steroid dienone is 1. The second-order valence-corrected chi connectivity index (χ2v) is 7.78. The monoisotopic (exact) mass is 461 g/mol. The molecule has 0 fully saturated rings. The number of fused-ring (bicyclic) bond motifs is 1. The van der Waals surface area contributed by atoms with E-state index in [2.05, 4.69) is 10.9 Å². The first-order valence-electron chi connectivity index (χ1n) is 10.0. The van der Waals surface area contributed by atoms with E-state index in [4.69, 9.17) is 5.11 Å². The third kappa shape index (κ3) is 5.16. The molecule has 0 saturated heterocycles. The Bertz CT molecular complexity index is 1150. The maximum atomic E-state index is 13.4. The van der Waals surface area contributed by atoms with Gasteiger partial charge >= 0.3 is 12.1 Å². The minimum Gasteiger partial charge on any atom is -0.481 e. The summed E-state index contributed by atoms with van der Waals surface area (Å²) in [5.41, 5.74) is 6.75. The topological polar surface area (TPSA) is 98.7 Å². The lowest BCUT2D eigenvalue weighted by atomic mass is 10.0. The number of aliphatic carboxylic acids is 1. The Morgan fingerprint density at radius 1 is 1.00 bits per heavy atom. The first kappa shape index (κ1) is 23.8. The minimum atomic E-state index is -4.59. The zero-order valence-corrected chi connectivity index (χ0v) is 18.1. The molecule has 7 nitrogen and oxygen atoms in total. The number of hydrogen-bond donors (Lipinski definition) is 3. The molecule has 3 N–H and O–H groups in total. The van der Waals surface area contributed by atoms with Crippen LogP contribution in [0.2, 0.25) is 0 Å². The van der Waals surface area contributed by atoms with E-state index in [1.165, 1.54) is 17.9 Å². The molecule has 10 heteroatoms. The Hall–Kier alpha value is -3.82. The number of amides is 2. The minimum absolute atomic E-state index is 0.0770. The van der Waals surface area contributed by atoms with Crippen molar-refractivity contribution in [1.29, 1.82) is 0 Å². The number of benzene rings is 2. The molecule has 33 heavy (non-hydrogen) atoms. The highest BCUT2D eigenvalue weighted by atomic mass is 19.4. The summed E-state index contributed by atoms with van der Waals surface area (Å²) in [6.45, 7) is 5.14. The molecule has 0 spiro atoms. The number of carboxylic acids is 1. The van der Waals surface area contributed by atoms with Crippen molar-refractivity contribution in [2.75, 3.05) is 4.90 Å². The van der Waals surface area contributed by atoms with Gasteiger partial charge in [0.2, 0.25) is 5.91 Å². The van der Waals surface area contributed by atoms with Crippen molar-refractivity contribution in [2.24, 2.45) is 0 Å². The fourth-order valence-corrected chi connectivity index (χ4v) is 3.65. The van der Waals surface area contributed by atoms with E-state index in [-0.39, 0.29) is 35.4 Å². The van der Waals surface area contributed by atoms with Gasteiger partial charge in [0.05, 0.1) is 23.2 Å². The summed E-state index contributed by atoms with van der Waals surface area (Å²) in [6.07, 6.45) is -5.24. The lowest BCUT2D eigenvalue weighted by Gasteiger charge is -2.20. The molecule has 0 saturated carbocycles. The lowest BCUT2D eigenvalue weighted by molar-refractivity contribution is -0.139. The zero-order valence-electron chi connectivity index (χ0n) is 18.1. The SMILES string of the molecule is C/C(NNC(=O)CCC(=O)O)=C1/C(=O)N(c2cc(C)cc(C)c2)c2cc(C(F)(F)F)ccc21. The number of nitrogens with one attached hydrogen (secondary N) is 2. The summed E-state index contributed by atoms with van der Waals surface area (Å²) < 4.78 is 40.2. The van der Waals surface area contributed by atoms with Crippen LogP contribution in [0, 0.1) is 13.8 Å². The quantitative estimate of drug-likeness (QED) is 0.442. The molecule has 0 radical (unpaired) electrons. The summed E-state index contributed by atoms with van der Waals surface area (Å²) in [5, 5.41) is 8.67. The largest absolute Gasteiger partial charge is 0.481 e. The number of carboxylic acid groups (broad SMARTS) is 1. The summed E-state index contributed by atoms with van der Waals surface area (Å²) in [7, 11) is 0. The van der Waals surface area contributed by atoms with Gasteiger partial charge in [0.15, 0.2) is 0 Å². The molecule has 1 aliphatic rings. The average molecular weight is 461 g/mol. The van der Waals surface area contributed by atoms with Gasteiger partial charge in [0.1, 0.15) is 0 Å². The number of carbonyl (C=O) groups excluding carboxylic acids is 2. The number of hydrogen-bond acceptors (Lipinski definition) is 4. The number of rotatable bonds is 6. The Morgan fingerprint density at radius 2 is 1.64 bits per heavy atom. The summed E-state index contributed by atoms with van der Waals surface area (Å²) in [6, 6.07) is 8.34. The Morgan fingerprint density at radius 3 is 2.21 bits per heavy atom. The van der Waals surface area contributed by atoms with Crippen molar-refractivity contribution in [1.82, 2.24) is 10.9 Å². The fourth-order valence-electron chi connectivity index (χ4n) is 3.65. The number of nitrogens with zero attached hydrogens (tertiary/aromatic N) is 1. The van der Waals surface area contributed by atoms with Gasteiger partial charge in [0, 0.05) is 23.4 Å². The van der Waals surface area contributed by atoms with Crippen molar-refractivity contribution in [3.63, 3.8) is 0 Å². The van der Waals surface area contributed by atoms with Crippen LogP contribution in [0.4, 0.5) is 24.5 Å². The molecule has 0 bridgehead atoms. The van der Waals surface area contributed by atoms with Crippen LogP contribution in [-0.4, -0.2) is 22.9 Å². The third-order valence-electron chi connectivity index (χ3n) is 5.05. The Kier molecular flexibility index (Phi) is 6.48. The van der Waals surface area contributed by atoms with E-state index < -0.39 is 29.5 Å². The van der Waals surface area contributed by atoms with Crippen molar-refractivity contribution >= 4 is 34.7 Å². The second-order valence-electron chi connectivity index (χ2n) is 7.78. The highest BCUT2D eigenvalue weighted by molar-refractivity contribution is 6.35. The number of hydrazine groups is 1. The third-order valence-corrected chi connectivity index (χ3v) is 5.05. The number of halogens is 3. The van der Waals surface area contributed by atoms with Crippen LogP contribution in [0.5, 0.6) is 0 Å². The van der Waals surface area contributed by atoms with Gasteiger partial charge in [-0.15, -0.1) is 0 Å². The van der Waals surface area contributed by atoms with Gasteiger partial charge < -0.3 is 10.5 Å². The predicted molar refractivity (Wildman–Crippen MR) is 115 cm³/mol. The number of anilines is 2. The summed E-state index contributed by atoms with van der Waals surface area (Å²) >= 11 is 0. The molecule has 2 aromatic rings. The van der Waals surface area contributed by atoms with Crippen molar-refractivity contribution in [3.05, 3.63) is 64.3 Å². The van der Waals surface area contributed by atoms with Crippen molar-refractivity contribution in [2.45, 2.75) is 39.8 Å². The van der Waals surface area contributed by atoms with Crippen molar-refractivity contribution < 1.29 is 32.7 Å². The highest BCUT2D eigenvalue weighted by Crippen LogP contribution is 2.45. The Labute approximate surface area is 187 Å². The molecular weight excluding hydrogens is 439 g/mol. The molecule has 3 rings (SSSR count). The Balaban J connectivity index is 2.05. The molecule has 0 unspecified atom stereocenters. The van der Waals surface area contributed by atoms with Gasteiger partial charge in [-0.2, -0.15) is 13.2 Å². The number of aryl methyl sites for hydroxylation is 2. The van der Waals surface area contributed by atoms with Crippen LogP contribution in [-0.2, 0) is 20.6 Å². The standard InChI is InChI=1S/C23H22F3N3O4/c1-12-8-13(2)10-16(9-12)29-18-11-15(23(24,25)26)4-5-17(18)21(22(29)33)14(3)27-28-19(30)6-7-20(31)32/h4-5,8-11,27H,6-7H2,1-3H3,(H,28,30)(H,31,32)/b21-14-. The first-order valence-corrected chi connectivity index (χ1v) is 10.0. The molecule has 0 aliphatic carbocycles. The first-order chi connectivity index (χ1) is 15.4. The van der Waals surface area contributed by atoms with Gasteiger partial charge in [0.25, 0.3) is 5.91 Å². The van der Waals surface area contributed by atoms with Gasteiger partial charge in [-0.05, 0) is 56.2 Å². The molecule has 0 atom stereocenters. The second kappa shape index (κ2) is 8.97. The number of alkyl halides is 3. The smallest absolute Gasteiger partial charge is 0.416 e. The molecule has 2 aromatic carbocycles. The number of carbonyl (C=O) groups is 3. The molecule has 2 amide bonds. The van der Waals surface area contributed by atoms with Gasteiger partial charge in [-0.3, -0.25) is 24.7 Å². The fraction of sp³-hybridized carbons (Fsp3) is 0.261. The average Bonchev–Trinajstić information content (AvgIpc) is 3.00. The van der Waals surface area contributed by atoms with E-state index in [9.17, 15) is 27.6 Å². The summed E-state index contributed by atoms with van der Waals surface area (Å²) in [5.74, 6) is -2.30. The van der Waals surface area contributed by atoms with Crippen molar-refractivity contribution in [3.8, 4) is 0 Å².